The Morgan fingerprint density at radius 2 is 1.80 bits per heavy atom. The van der Waals surface area contributed by atoms with Gasteiger partial charge < -0.3 is 20.8 Å². The zero-order valence-electron chi connectivity index (χ0n) is 11.8. The smallest absolute Gasteiger partial charge is 0.326 e. The van der Waals surface area contributed by atoms with Crippen LogP contribution >= 0.6 is 0 Å². The van der Waals surface area contributed by atoms with E-state index >= 15 is 0 Å². The average Bonchev–Trinajstić information content (AvgIpc) is 3.12. The van der Waals surface area contributed by atoms with E-state index in [4.69, 9.17) is 10.2 Å². The van der Waals surface area contributed by atoms with Gasteiger partial charge in [-0.2, -0.15) is 0 Å². The van der Waals surface area contributed by atoms with Crippen LogP contribution in [0.25, 0.3) is 0 Å². The summed E-state index contributed by atoms with van der Waals surface area (Å²) < 4.78 is 0. The van der Waals surface area contributed by atoms with Gasteiger partial charge in [-0.25, -0.2) is 9.59 Å². The van der Waals surface area contributed by atoms with Crippen LogP contribution in [0.15, 0.2) is 0 Å². The molecule has 20 heavy (non-hydrogen) atoms. The molecule has 1 atom stereocenters. The van der Waals surface area contributed by atoms with Crippen LogP contribution in [0.1, 0.15) is 39.5 Å². The average molecular weight is 286 g/mol. The number of carbonyl (C=O) groups excluding carboxylic acids is 1. The van der Waals surface area contributed by atoms with Crippen LogP contribution in [0.4, 0.5) is 4.79 Å². The molecule has 0 radical (unpaired) electrons. The fourth-order valence-electron chi connectivity index (χ4n) is 2.11. The second kappa shape index (κ2) is 6.58. The number of hydrogen-bond acceptors (Lipinski definition) is 3. The lowest BCUT2D eigenvalue weighted by Gasteiger charge is -2.21. The third-order valence-corrected chi connectivity index (χ3v) is 3.97. The third kappa shape index (κ3) is 4.71. The summed E-state index contributed by atoms with van der Waals surface area (Å²) >= 11 is 0. The molecular weight excluding hydrogens is 264 g/mol. The fourth-order valence-corrected chi connectivity index (χ4v) is 2.11. The van der Waals surface area contributed by atoms with Crippen LogP contribution in [-0.2, 0) is 9.59 Å². The number of carbonyl (C=O) groups is 3. The summed E-state index contributed by atoms with van der Waals surface area (Å²) in [6.07, 6.45) is 1.69. The molecule has 0 aromatic heterocycles. The lowest BCUT2D eigenvalue weighted by atomic mass is 9.92. The summed E-state index contributed by atoms with van der Waals surface area (Å²) in [5, 5.41) is 22.4. The number of urea groups is 1. The highest BCUT2D eigenvalue weighted by Crippen LogP contribution is 2.51. The van der Waals surface area contributed by atoms with Crippen LogP contribution in [-0.4, -0.2) is 40.8 Å². The van der Waals surface area contributed by atoms with Crippen molar-refractivity contribution >= 4 is 18.0 Å². The van der Waals surface area contributed by atoms with E-state index in [1.807, 2.05) is 0 Å². The molecule has 1 aliphatic carbocycles. The van der Waals surface area contributed by atoms with Gasteiger partial charge in [0, 0.05) is 13.0 Å². The lowest BCUT2D eigenvalue weighted by molar-refractivity contribution is -0.140. The van der Waals surface area contributed by atoms with Crippen molar-refractivity contribution in [2.24, 2.45) is 11.3 Å². The maximum Gasteiger partial charge on any atom is 0.326 e. The molecule has 2 amide bonds. The molecule has 7 heteroatoms. The minimum absolute atomic E-state index is 0.132. The largest absolute Gasteiger partial charge is 0.481 e. The van der Waals surface area contributed by atoms with Crippen molar-refractivity contribution in [3.8, 4) is 0 Å². The Bertz CT molecular complexity index is 390. The Kier molecular flexibility index (Phi) is 5.35. The van der Waals surface area contributed by atoms with Gasteiger partial charge in [-0.1, -0.05) is 13.8 Å². The van der Waals surface area contributed by atoms with E-state index in [1.165, 1.54) is 0 Å². The maximum absolute atomic E-state index is 11.7. The van der Waals surface area contributed by atoms with Gasteiger partial charge in [-0.3, -0.25) is 4.79 Å². The predicted octanol–water partition coefficient (Wildman–Crippen LogP) is 1.04. The molecule has 0 spiro atoms. The zero-order valence-corrected chi connectivity index (χ0v) is 11.8. The molecule has 1 unspecified atom stereocenters. The van der Waals surface area contributed by atoms with Crippen molar-refractivity contribution in [1.82, 2.24) is 10.6 Å². The van der Waals surface area contributed by atoms with Crippen LogP contribution in [0.2, 0.25) is 0 Å². The monoisotopic (exact) mass is 286 g/mol. The Morgan fingerprint density at radius 3 is 2.20 bits per heavy atom. The van der Waals surface area contributed by atoms with E-state index in [1.54, 1.807) is 0 Å². The van der Waals surface area contributed by atoms with Gasteiger partial charge in [-0.15, -0.1) is 0 Å². The molecule has 1 aliphatic rings. The molecule has 0 aromatic carbocycles. The Hall–Kier alpha value is -1.79. The number of amides is 2. The molecule has 114 valence electrons. The molecule has 1 rings (SSSR count). The van der Waals surface area contributed by atoms with Gasteiger partial charge in [0.25, 0.3) is 0 Å². The van der Waals surface area contributed by atoms with Gasteiger partial charge in [0.05, 0.1) is 0 Å². The van der Waals surface area contributed by atoms with E-state index < -0.39 is 24.0 Å². The van der Waals surface area contributed by atoms with E-state index in [2.05, 4.69) is 24.5 Å². The highest BCUT2D eigenvalue weighted by Gasteiger charge is 2.45. The molecule has 7 nitrogen and oxygen atoms in total. The van der Waals surface area contributed by atoms with E-state index in [0.717, 1.165) is 12.8 Å². The summed E-state index contributed by atoms with van der Waals surface area (Å²) in [6, 6.07) is -1.74. The molecule has 0 heterocycles. The first-order chi connectivity index (χ1) is 9.27. The molecular formula is C13H22N2O5. The Labute approximate surface area is 117 Å². The number of nitrogens with one attached hydrogen (secondary N) is 2. The molecule has 0 aliphatic heterocycles. The van der Waals surface area contributed by atoms with Crippen LogP contribution in [0.5, 0.6) is 0 Å². The van der Waals surface area contributed by atoms with Gasteiger partial charge >= 0.3 is 18.0 Å². The lowest BCUT2D eigenvalue weighted by Crippen LogP contribution is -2.47. The van der Waals surface area contributed by atoms with Crippen molar-refractivity contribution in [3.05, 3.63) is 0 Å². The van der Waals surface area contributed by atoms with E-state index in [9.17, 15) is 14.4 Å². The second-order valence-electron chi connectivity index (χ2n) is 5.67. The number of aliphatic carboxylic acids is 2. The molecule has 0 aromatic rings. The molecule has 1 fully saturated rings. The number of carboxylic acids is 2. The van der Waals surface area contributed by atoms with Crippen molar-refractivity contribution in [2.75, 3.05) is 6.54 Å². The first-order valence-corrected chi connectivity index (χ1v) is 6.76. The van der Waals surface area contributed by atoms with E-state index in [-0.39, 0.29) is 18.3 Å². The van der Waals surface area contributed by atoms with Gasteiger partial charge in [-0.05, 0) is 30.6 Å². The fraction of sp³-hybridized carbons (Fsp3) is 0.769. The molecule has 0 bridgehead atoms. The summed E-state index contributed by atoms with van der Waals surface area (Å²) in [5.74, 6) is -1.85. The summed E-state index contributed by atoms with van der Waals surface area (Å²) in [4.78, 5) is 33.0. The van der Waals surface area contributed by atoms with Crippen LogP contribution < -0.4 is 10.6 Å². The topological polar surface area (TPSA) is 116 Å². The first-order valence-electron chi connectivity index (χ1n) is 6.76. The molecule has 1 saturated carbocycles. The van der Waals surface area contributed by atoms with E-state index in [0.29, 0.717) is 12.5 Å². The Balaban J connectivity index is 2.38. The molecule has 4 N–H and O–H groups in total. The SMILES string of the molecule is CC(C)C1(CNC(=O)NC(CCC(=O)O)C(=O)O)CC1. The van der Waals surface area contributed by atoms with Crippen molar-refractivity contribution < 1.29 is 24.6 Å². The third-order valence-electron chi connectivity index (χ3n) is 3.97. The van der Waals surface area contributed by atoms with Gasteiger partial charge in [0.1, 0.15) is 6.04 Å². The maximum atomic E-state index is 11.7. The van der Waals surface area contributed by atoms with Crippen LogP contribution in [0, 0.1) is 11.3 Å². The number of hydrogen-bond donors (Lipinski definition) is 4. The van der Waals surface area contributed by atoms with Gasteiger partial charge in [0.15, 0.2) is 0 Å². The summed E-state index contributed by atoms with van der Waals surface area (Å²) in [7, 11) is 0. The normalized spacial score (nSPS) is 17.4. The molecule has 0 saturated heterocycles. The quantitative estimate of drug-likeness (QED) is 0.532. The predicted molar refractivity (Wildman–Crippen MR) is 71.3 cm³/mol. The second-order valence-corrected chi connectivity index (χ2v) is 5.67. The first kappa shape index (κ1) is 16.3. The zero-order chi connectivity index (χ0) is 15.3. The van der Waals surface area contributed by atoms with Crippen molar-refractivity contribution in [2.45, 2.75) is 45.6 Å². The number of rotatable bonds is 8. The minimum Gasteiger partial charge on any atom is -0.481 e. The van der Waals surface area contributed by atoms with Crippen molar-refractivity contribution in [3.63, 3.8) is 0 Å². The van der Waals surface area contributed by atoms with Crippen LogP contribution in [0.3, 0.4) is 0 Å². The minimum atomic E-state index is -1.23. The standard InChI is InChI=1S/C13H22N2O5/c1-8(2)13(5-6-13)7-14-12(20)15-9(11(18)19)3-4-10(16)17/h8-9H,3-7H2,1-2H3,(H,16,17)(H,18,19)(H2,14,15,20). The van der Waals surface area contributed by atoms with Gasteiger partial charge in [0.2, 0.25) is 0 Å². The highest BCUT2D eigenvalue weighted by molar-refractivity contribution is 5.83. The summed E-state index contributed by atoms with van der Waals surface area (Å²) in [5.41, 5.74) is 0.136. The summed E-state index contributed by atoms with van der Waals surface area (Å²) in [6.45, 7) is 4.71. The highest BCUT2D eigenvalue weighted by atomic mass is 16.4. The van der Waals surface area contributed by atoms with Crippen molar-refractivity contribution in [1.29, 1.82) is 0 Å². The number of carboxylic acid groups (broad SMARTS) is 2. The Morgan fingerprint density at radius 1 is 1.20 bits per heavy atom.